The summed E-state index contributed by atoms with van der Waals surface area (Å²) in [5, 5.41) is 8.96. The molecule has 1 amide bonds. The quantitative estimate of drug-likeness (QED) is 0.748. The predicted octanol–water partition coefficient (Wildman–Crippen LogP) is 0.873. The van der Waals surface area contributed by atoms with E-state index in [1.54, 1.807) is 0 Å². The second kappa shape index (κ2) is 3.70. The van der Waals surface area contributed by atoms with Crippen LogP contribution in [0.15, 0.2) is 0 Å². The average molecular weight is 219 g/mol. The summed E-state index contributed by atoms with van der Waals surface area (Å²) in [4.78, 5) is 13.1. The normalized spacial score (nSPS) is 33.9. The smallest absolute Gasteiger partial charge is 0.260 e. The first-order valence-electron chi connectivity index (χ1n) is 5.32. The van der Waals surface area contributed by atoms with E-state index in [9.17, 15) is 13.6 Å². The number of halogens is 2. The minimum absolute atomic E-state index is 0.0326. The highest BCUT2D eigenvalue weighted by Crippen LogP contribution is 2.49. The molecule has 0 bridgehead atoms. The van der Waals surface area contributed by atoms with E-state index in [0.29, 0.717) is 13.1 Å². The lowest BCUT2D eigenvalue weighted by atomic mass is 9.99. The Bertz CT molecular complexity index is 270. The lowest BCUT2D eigenvalue weighted by molar-refractivity contribution is -0.136. The van der Waals surface area contributed by atoms with Crippen molar-refractivity contribution in [3.63, 3.8) is 0 Å². The molecular formula is C10H15F2NO2. The molecule has 2 aliphatic rings. The van der Waals surface area contributed by atoms with E-state index in [-0.39, 0.29) is 18.9 Å². The first kappa shape index (κ1) is 10.8. The third-order valence-corrected chi connectivity index (χ3v) is 3.21. The van der Waals surface area contributed by atoms with Gasteiger partial charge in [-0.15, -0.1) is 0 Å². The number of rotatable bonds is 2. The Morgan fingerprint density at radius 1 is 1.53 bits per heavy atom. The van der Waals surface area contributed by atoms with Gasteiger partial charge in [0, 0.05) is 26.1 Å². The van der Waals surface area contributed by atoms with Crippen LogP contribution in [-0.2, 0) is 4.79 Å². The van der Waals surface area contributed by atoms with Crippen LogP contribution in [0.5, 0.6) is 0 Å². The summed E-state index contributed by atoms with van der Waals surface area (Å²) in [6.07, 6.45) is 1.38. The number of carbonyl (C=O) groups is 1. The Morgan fingerprint density at radius 2 is 2.20 bits per heavy atom. The number of carbonyl (C=O) groups excluding carboxylic acids is 1. The fraction of sp³-hybridized carbons (Fsp3) is 0.900. The third-order valence-electron chi connectivity index (χ3n) is 3.21. The molecule has 1 aliphatic heterocycles. The molecule has 0 aromatic rings. The zero-order valence-electron chi connectivity index (χ0n) is 8.46. The first-order chi connectivity index (χ1) is 7.04. The maximum Gasteiger partial charge on any atom is 0.260 e. The molecule has 1 saturated carbocycles. The molecule has 2 rings (SSSR count). The Balaban J connectivity index is 1.91. The Morgan fingerprint density at radius 3 is 2.73 bits per heavy atom. The van der Waals surface area contributed by atoms with Crippen LogP contribution in [0.25, 0.3) is 0 Å². The van der Waals surface area contributed by atoms with Crippen LogP contribution in [0, 0.1) is 11.8 Å². The SMILES string of the molecule is O=C(C1CC1(F)F)N1CCCC(CO)C1. The van der Waals surface area contributed by atoms with Crippen molar-refractivity contribution in [3.05, 3.63) is 0 Å². The molecule has 5 heteroatoms. The fourth-order valence-electron chi connectivity index (χ4n) is 2.12. The van der Waals surface area contributed by atoms with Gasteiger partial charge in [-0.2, -0.15) is 0 Å². The molecule has 0 radical (unpaired) electrons. The van der Waals surface area contributed by atoms with E-state index in [0.717, 1.165) is 12.8 Å². The van der Waals surface area contributed by atoms with Crippen LogP contribution in [0.2, 0.25) is 0 Å². The van der Waals surface area contributed by atoms with E-state index < -0.39 is 17.7 Å². The number of hydrogen-bond donors (Lipinski definition) is 1. The maximum absolute atomic E-state index is 12.7. The van der Waals surface area contributed by atoms with Crippen LogP contribution < -0.4 is 0 Å². The highest BCUT2D eigenvalue weighted by atomic mass is 19.3. The van der Waals surface area contributed by atoms with Crippen LogP contribution in [0.3, 0.4) is 0 Å². The number of amides is 1. The molecule has 15 heavy (non-hydrogen) atoms. The summed E-state index contributed by atoms with van der Waals surface area (Å²) in [6, 6.07) is 0. The summed E-state index contributed by atoms with van der Waals surface area (Å²) >= 11 is 0. The Labute approximate surface area is 87.1 Å². The second-order valence-corrected chi connectivity index (χ2v) is 4.49. The van der Waals surface area contributed by atoms with Gasteiger partial charge in [0.2, 0.25) is 5.91 Å². The summed E-state index contributed by atoms with van der Waals surface area (Å²) in [6.45, 7) is 1.02. The van der Waals surface area contributed by atoms with Gasteiger partial charge < -0.3 is 10.0 Å². The summed E-state index contributed by atoms with van der Waals surface area (Å²) < 4.78 is 25.4. The Hall–Kier alpha value is -0.710. The van der Waals surface area contributed by atoms with E-state index in [1.807, 2.05) is 0 Å². The maximum atomic E-state index is 12.7. The molecule has 1 heterocycles. The van der Waals surface area contributed by atoms with Gasteiger partial charge in [0.1, 0.15) is 5.92 Å². The van der Waals surface area contributed by atoms with Crippen LogP contribution in [0.4, 0.5) is 8.78 Å². The van der Waals surface area contributed by atoms with Crippen molar-refractivity contribution in [1.82, 2.24) is 4.90 Å². The van der Waals surface area contributed by atoms with Crippen molar-refractivity contribution in [3.8, 4) is 0 Å². The number of hydrogen-bond acceptors (Lipinski definition) is 2. The predicted molar refractivity (Wildman–Crippen MR) is 49.4 cm³/mol. The number of aliphatic hydroxyl groups excluding tert-OH is 1. The fourth-order valence-corrected chi connectivity index (χ4v) is 2.12. The van der Waals surface area contributed by atoms with E-state index >= 15 is 0 Å². The molecule has 1 saturated heterocycles. The van der Waals surface area contributed by atoms with Gasteiger partial charge in [-0.25, -0.2) is 8.78 Å². The minimum atomic E-state index is -2.77. The monoisotopic (exact) mass is 219 g/mol. The molecule has 0 aromatic heterocycles. The molecule has 2 atom stereocenters. The zero-order chi connectivity index (χ0) is 11.1. The summed E-state index contributed by atoms with van der Waals surface area (Å²) in [7, 11) is 0. The van der Waals surface area contributed by atoms with Crippen molar-refractivity contribution in [2.75, 3.05) is 19.7 Å². The summed E-state index contributed by atoms with van der Waals surface area (Å²) in [5.74, 6) is -4.23. The molecular weight excluding hydrogens is 204 g/mol. The summed E-state index contributed by atoms with van der Waals surface area (Å²) in [5.41, 5.74) is 0. The lowest BCUT2D eigenvalue weighted by Gasteiger charge is -2.31. The van der Waals surface area contributed by atoms with Crippen LogP contribution in [0.1, 0.15) is 19.3 Å². The highest BCUT2D eigenvalue weighted by Gasteiger charge is 2.62. The first-order valence-corrected chi connectivity index (χ1v) is 5.32. The topological polar surface area (TPSA) is 40.5 Å². The van der Waals surface area contributed by atoms with Gasteiger partial charge in [0.05, 0.1) is 0 Å². The van der Waals surface area contributed by atoms with Crippen LogP contribution in [-0.4, -0.2) is 41.5 Å². The lowest BCUT2D eigenvalue weighted by Crippen LogP contribution is -2.42. The van der Waals surface area contributed by atoms with E-state index in [4.69, 9.17) is 5.11 Å². The second-order valence-electron chi connectivity index (χ2n) is 4.49. The standard InChI is InChI=1S/C10H15F2NO2/c11-10(12)4-8(10)9(15)13-3-1-2-7(5-13)6-14/h7-8,14H,1-6H2. The molecule has 86 valence electrons. The average Bonchev–Trinajstić information content (AvgIpc) is 2.87. The van der Waals surface area contributed by atoms with Crippen molar-refractivity contribution in [1.29, 1.82) is 0 Å². The van der Waals surface area contributed by atoms with Crippen molar-refractivity contribution >= 4 is 5.91 Å². The molecule has 1 aliphatic carbocycles. The molecule has 0 aromatic carbocycles. The van der Waals surface area contributed by atoms with Crippen molar-refractivity contribution < 1.29 is 18.7 Å². The molecule has 2 unspecified atom stereocenters. The molecule has 2 fully saturated rings. The largest absolute Gasteiger partial charge is 0.396 e. The van der Waals surface area contributed by atoms with Crippen molar-refractivity contribution in [2.45, 2.75) is 25.2 Å². The Kier molecular flexibility index (Phi) is 2.66. The van der Waals surface area contributed by atoms with Gasteiger partial charge in [0.25, 0.3) is 5.92 Å². The van der Waals surface area contributed by atoms with E-state index in [2.05, 4.69) is 0 Å². The minimum Gasteiger partial charge on any atom is -0.396 e. The number of likely N-dealkylation sites (tertiary alicyclic amines) is 1. The number of piperidine rings is 1. The third kappa shape index (κ3) is 2.12. The van der Waals surface area contributed by atoms with Gasteiger partial charge in [-0.05, 0) is 18.8 Å². The van der Waals surface area contributed by atoms with Crippen LogP contribution >= 0.6 is 0 Å². The van der Waals surface area contributed by atoms with E-state index in [1.165, 1.54) is 4.90 Å². The van der Waals surface area contributed by atoms with Gasteiger partial charge >= 0.3 is 0 Å². The number of nitrogens with zero attached hydrogens (tertiary/aromatic N) is 1. The van der Waals surface area contributed by atoms with Gasteiger partial charge in [0.15, 0.2) is 0 Å². The number of aliphatic hydroxyl groups is 1. The molecule has 1 N–H and O–H groups in total. The van der Waals surface area contributed by atoms with Gasteiger partial charge in [-0.3, -0.25) is 4.79 Å². The highest BCUT2D eigenvalue weighted by molar-refractivity contribution is 5.83. The van der Waals surface area contributed by atoms with Crippen molar-refractivity contribution in [2.24, 2.45) is 11.8 Å². The molecule has 0 spiro atoms. The number of alkyl halides is 2. The molecule has 3 nitrogen and oxygen atoms in total. The zero-order valence-corrected chi connectivity index (χ0v) is 8.46. The van der Waals surface area contributed by atoms with Gasteiger partial charge in [-0.1, -0.05) is 0 Å².